The summed E-state index contributed by atoms with van der Waals surface area (Å²) in [6.45, 7) is 2.61. The molecule has 0 radical (unpaired) electrons. The van der Waals surface area contributed by atoms with Crippen molar-refractivity contribution in [3.8, 4) is 0 Å². The van der Waals surface area contributed by atoms with Crippen LogP contribution in [-0.2, 0) is 22.5 Å². The van der Waals surface area contributed by atoms with Crippen molar-refractivity contribution in [3.63, 3.8) is 0 Å². The Morgan fingerprint density at radius 3 is 2.42 bits per heavy atom. The highest BCUT2D eigenvalue weighted by Gasteiger charge is 2.27. The first-order chi connectivity index (χ1) is 12.5. The average Bonchev–Trinajstić information content (AvgIpc) is 2.67. The van der Waals surface area contributed by atoms with E-state index >= 15 is 0 Å². The van der Waals surface area contributed by atoms with Crippen molar-refractivity contribution in [3.05, 3.63) is 75.3 Å². The molecule has 1 amide bonds. The molecule has 7 nitrogen and oxygen atoms in total. The van der Waals surface area contributed by atoms with Crippen LogP contribution in [-0.4, -0.2) is 34.3 Å². The standard InChI is InChI=1S/C19H18N2O5/c1-13(26-19(23)15-6-8-17(9-7-15)21(24)25)18(22)20-11-10-14-4-2-3-5-16(14)12-20/h2-9,13H,10-12H2,1H3/t13-/m1/s1. The Balaban J connectivity index is 1.62. The van der Waals surface area contributed by atoms with E-state index in [2.05, 4.69) is 6.07 Å². The molecule has 0 saturated carbocycles. The third kappa shape index (κ3) is 3.72. The zero-order chi connectivity index (χ0) is 18.7. The Morgan fingerprint density at radius 2 is 1.77 bits per heavy atom. The summed E-state index contributed by atoms with van der Waals surface area (Å²) in [7, 11) is 0. The summed E-state index contributed by atoms with van der Waals surface area (Å²) >= 11 is 0. The van der Waals surface area contributed by atoms with Crippen molar-refractivity contribution >= 4 is 17.6 Å². The monoisotopic (exact) mass is 354 g/mol. The molecule has 2 aromatic carbocycles. The number of benzene rings is 2. The van der Waals surface area contributed by atoms with Crippen molar-refractivity contribution in [2.75, 3.05) is 6.54 Å². The summed E-state index contributed by atoms with van der Waals surface area (Å²) in [6, 6.07) is 13.0. The number of carbonyl (C=O) groups excluding carboxylic acids is 2. The van der Waals surface area contributed by atoms with E-state index < -0.39 is 17.0 Å². The first-order valence-electron chi connectivity index (χ1n) is 8.26. The molecule has 3 rings (SSSR count). The van der Waals surface area contributed by atoms with Crippen molar-refractivity contribution in [1.29, 1.82) is 0 Å². The van der Waals surface area contributed by atoms with E-state index in [9.17, 15) is 19.7 Å². The van der Waals surface area contributed by atoms with Crippen LogP contribution in [0.25, 0.3) is 0 Å². The molecule has 1 aliphatic heterocycles. The number of fused-ring (bicyclic) bond motifs is 1. The van der Waals surface area contributed by atoms with Gasteiger partial charge in [0, 0.05) is 25.2 Å². The van der Waals surface area contributed by atoms with Crippen molar-refractivity contribution in [1.82, 2.24) is 4.90 Å². The molecule has 0 unspecified atom stereocenters. The van der Waals surface area contributed by atoms with Crippen LogP contribution in [0.5, 0.6) is 0 Å². The molecule has 0 saturated heterocycles. The maximum Gasteiger partial charge on any atom is 0.338 e. The molecule has 26 heavy (non-hydrogen) atoms. The Labute approximate surface area is 150 Å². The van der Waals surface area contributed by atoms with Crippen LogP contribution < -0.4 is 0 Å². The van der Waals surface area contributed by atoms with Crippen molar-refractivity contribution in [2.45, 2.75) is 26.0 Å². The van der Waals surface area contributed by atoms with Crippen LogP contribution >= 0.6 is 0 Å². The van der Waals surface area contributed by atoms with Gasteiger partial charge in [0.15, 0.2) is 6.10 Å². The Bertz CT molecular complexity index is 847. The quantitative estimate of drug-likeness (QED) is 0.478. The zero-order valence-corrected chi connectivity index (χ0v) is 14.3. The van der Waals surface area contributed by atoms with Crippen LogP contribution in [0.1, 0.15) is 28.4 Å². The molecular formula is C19H18N2O5. The second kappa shape index (κ2) is 7.35. The molecule has 7 heteroatoms. The van der Waals surface area contributed by atoms with Crippen LogP contribution in [0.2, 0.25) is 0 Å². The fourth-order valence-corrected chi connectivity index (χ4v) is 2.94. The molecule has 0 bridgehead atoms. The molecule has 2 aromatic rings. The minimum atomic E-state index is -0.928. The van der Waals surface area contributed by atoms with E-state index in [1.165, 1.54) is 36.8 Å². The minimum Gasteiger partial charge on any atom is -0.449 e. The van der Waals surface area contributed by atoms with E-state index in [-0.39, 0.29) is 17.2 Å². The van der Waals surface area contributed by atoms with Crippen LogP contribution in [0.3, 0.4) is 0 Å². The van der Waals surface area contributed by atoms with E-state index in [0.29, 0.717) is 13.1 Å². The summed E-state index contributed by atoms with van der Waals surface area (Å²) < 4.78 is 5.24. The van der Waals surface area contributed by atoms with Crippen molar-refractivity contribution < 1.29 is 19.2 Å². The summed E-state index contributed by atoms with van der Waals surface area (Å²) in [5.41, 5.74) is 2.38. The number of amides is 1. The van der Waals surface area contributed by atoms with Gasteiger partial charge >= 0.3 is 5.97 Å². The number of hydrogen-bond donors (Lipinski definition) is 0. The van der Waals surface area contributed by atoms with Gasteiger partial charge in [-0.25, -0.2) is 4.79 Å². The number of rotatable bonds is 4. The van der Waals surface area contributed by atoms with Gasteiger partial charge in [-0.2, -0.15) is 0 Å². The number of carbonyl (C=O) groups is 2. The molecule has 0 fully saturated rings. The van der Waals surface area contributed by atoms with E-state index in [1.54, 1.807) is 4.90 Å². The second-order valence-corrected chi connectivity index (χ2v) is 6.13. The van der Waals surface area contributed by atoms with Gasteiger partial charge in [-0.1, -0.05) is 24.3 Å². The number of nitro benzene ring substituents is 1. The number of esters is 1. The van der Waals surface area contributed by atoms with E-state index in [4.69, 9.17) is 4.74 Å². The van der Waals surface area contributed by atoms with Gasteiger partial charge in [0.1, 0.15) is 0 Å². The van der Waals surface area contributed by atoms with Gasteiger partial charge in [-0.15, -0.1) is 0 Å². The average molecular weight is 354 g/mol. The van der Waals surface area contributed by atoms with E-state index in [0.717, 1.165) is 12.0 Å². The summed E-state index contributed by atoms with van der Waals surface area (Å²) in [4.78, 5) is 36.5. The maximum absolute atomic E-state index is 12.6. The Hall–Kier alpha value is -3.22. The molecule has 1 aliphatic rings. The van der Waals surface area contributed by atoms with Crippen LogP contribution in [0, 0.1) is 10.1 Å². The Kier molecular flexibility index (Phi) is 4.97. The Morgan fingerprint density at radius 1 is 1.12 bits per heavy atom. The van der Waals surface area contributed by atoms with Gasteiger partial charge < -0.3 is 9.64 Å². The molecule has 0 N–H and O–H groups in total. The lowest BCUT2D eigenvalue weighted by atomic mass is 9.99. The van der Waals surface area contributed by atoms with Crippen LogP contribution in [0.4, 0.5) is 5.69 Å². The van der Waals surface area contributed by atoms with Gasteiger partial charge in [-0.05, 0) is 36.6 Å². The molecule has 0 aliphatic carbocycles. The second-order valence-electron chi connectivity index (χ2n) is 6.13. The normalized spacial score (nSPS) is 14.3. The van der Waals surface area contributed by atoms with Gasteiger partial charge in [0.2, 0.25) is 0 Å². The molecule has 1 heterocycles. The lowest BCUT2D eigenvalue weighted by molar-refractivity contribution is -0.384. The number of hydrogen-bond acceptors (Lipinski definition) is 5. The maximum atomic E-state index is 12.6. The number of non-ortho nitro benzene ring substituents is 1. The molecule has 0 aromatic heterocycles. The predicted octanol–water partition coefficient (Wildman–Crippen LogP) is 2.73. The number of nitrogens with zero attached hydrogens (tertiary/aromatic N) is 2. The fraction of sp³-hybridized carbons (Fsp3) is 0.263. The lowest BCUT2D eigenvalue weighted by Gasteiger charge is -2.30. The third-order valence-corrected chi connectivity index (χ3v) is 4.39. The highest BCUT2D eigenvalue weighted by Crippen LogP contribution is 2.20. The highest BCUT2D eigenvalue weighted by atomic mass is 16.6. The largest absolute Gasteiger partial charge is 0.449 e. The van der Waals surface area contributed by atoms with Crippen LogP contribution in [0.15, 0.2) is 48.5 Å². The highest BCUT2D eigenvalue weighted by molar-refractivity contribution is 5.92. The topological polar surface area (TPSA) is 89.7 Å². The first kappa shape index (κ1) is 17.6. The molecular weight excluding hydrogens is 336 g/mol. The molecule has 134 valence electrons. The van der Waals surface area contributed by atoms with Gasteiger partial charge in [0.05, 0.1) is 10.5 Å². The molecule has 1 atom stereocenters. The third-order valence-electron chi connectivity index (χ3n) is 4.39. The first-order valence-corrected chi connectivity index (χ1v) is 8.26. The van der Waals surface area contributed by atoms with E-state index in [1.807, 2.05) is 18.2 Å². The number of ether oxygens (including phenoxy) is 1. The summed E-state index contributed by atoms with van der Waals surface area (Å²) in [5.74, 6) is -0.937. The summed E-state index contributed by atoms with van der Waals surface area (Å²) in [6.07, 6.45) is -0.159. The smallest absolute Gasteiger partial charge is 0.338 e. The zero-order valence-electron chi connectivity index (χ0n) is 14.3. The lowest BCUT2D eigenvalue weighted by Crippen LogP contribution is -2.42. The SMILES string of the molecule is C[C@@H](OC(=O)c1ccc([N+](=O)[O-])cc1)C(=O)N1CCc2ccccc2C1. The van der Waals surface area contributed by atoms with Gasteiger partial charge in [0.25, 0.3) is 11.6 Å². The minimum absolute atomic E-state index is 0.113. The predicted molar refractivity (Wildman–Crippen MR) is 93.5 cm³/mol. The number of nitro groups is 1. The summed E-state index contributed by atoms with van der Waals surface area (Å²) in [5, 5.41) is 10.7. The molecule has 0 spiro atoms. The van der Waals surface area contributed by atoms with Gasteiger partial charge in [-0.3, -0.25) is 14.9 Å². The van der Waals surface area contributed by atoms with Crippen molar-refractivity contribution in [2.24, 2.45) is 0 Å². The fourth-order valence-electron chi connectivity index (χ4n) is 2.94.